The van der Waals surface area contributed by atoms with Crippen LogP contribution in [0.2, 0.25) is 0 Å². The highest BCUT2D eigenvalue weighted by atomic mass is 16.6. The van der Waals surface area contributed by atoms with Crippen LogP contribution in [0.15, 0.2) is 0 Å². The molecule has 4 aliphatic heterocycles. The molecule has 4 saturated heterocycles. The van der Waals surface area contributed by atoms with Crippen LogP contribution in [0.1, 0.15) is 92.9 Å². The highest BCUT2D eigenvalue weighted by Gasteiger charge is 2.46. The predicted octanol–water partition coefficient (Wildman–Crippen LogP) is 3.75. The van der Waals surface area contributed by atoms with Gasteiger partial charge in [-0.3, -0.25) is 0 Å². The molecule has 0 saturated carbocycles. The van der Waals surface area contributed by atoms with E-state index in [0.717, 1.165) is 51.4 Å². The molecule has 2 amide bonds. The highest BCUT2D eigenvalue weighted by molar-refractivity contribution is 5.70. The molecule has 0 aliphatic carbocycles. The number of fused-ring (bicyclic) bond motifs is 4. The van der Waals surface area contributed by atoms with E-state index in [4.69, 9.17) is 20.9 Å². The largest absolute Gasteiger partial charge is 0.444 e. The lowest BCUT2D eigenvalue weighted by atomic mass is 9.99. The van der Waals surface area contributed by atoms with E-state index in [1.807, 2.05) is 51.3 Å². The van der Waals surface area contributed by atoms with Crippen molar-refractivity contribution in [2.75, 3.05) is 0 Å². The molecule has 0 radical (unpaired) electrons. The summed E-state index contributed by atoms with van der Waals surface area (Å²) in [4.78, 5) is 27.9. The molecule has 4 aliphatic rings. The van der Waals surface area contributed by atoms with Gasteiger partial charge in [-0.1, -0.05) is 0 Å². The van der Waals surface area contributed by atoms with E-state index in [1.165, 1.54) is 0 Å². The molecular formula is C24H44N4O4. The molecule has 8 heteroatoms. The van der Waals surface area contributed by atoms with Crippen molar-refractivity contribution in [3.63, 3.8) is 0 Å². The van der Waals surface area contributed by atoms with E-state index in [9.17, 15) is 9.59 Å². The van der Waals surface area contributed by atoms with Gasteiger partial charge in [0.25, 0.3) is 0 Å². The number of rotatable bonds is 0. The minimum absolute atomic E-state index is 0.131. The maximum absolute atomic E-state index is 12.1. The number of piperidine rings is 2. The first kappa shape index (κ1) is 25.1. The number of ether oxygens (including phenoxy) is 2. The lowest BCUT2D eigenvalue weighted by Crippen LogP contribution is -2.54. The second kappa shape index (κ2) is 9.37. The standard InChI is InChI=1S/2C12H22N2O2/c2*1-12(2,3)16-11(15)14-8-4-6-9(13)10(14)7-5-8/h2*8-10H,4-7,13H2,1-3H3/t2*8-,9-,10-/m10/s1. The molecule has 32 heavy (non-hydrogen) atoms. The van der Waals surface area contributed by atoms with Gasteiger partial charge in [0.2, 0.25) is 0 Å². The third-order valence-corrected chi connectivity index (χ3v) is 6.96. The zero-order valence-electron chi connectivity index (χ0n) is 20.8. The van der Waals surface area contributed by atoms with Crippen molar-refractivity contribution in [2.24, 2.45) is 11.5 Å². The Morgan fingerprint density at radius 2 is 0.938 bits per heavy atom. The summed E-state index contributed by atoms with van der Waals surface area (Å²) in [7, 11) is 0. The third kappa shape index (κ3) is 5.87. The molecular weight excluding hydrogens is 408 g/mol. The molecule has 0 aromatic heterocycles. The Morgan fingerprint density at radius 3 is 1.25 bits per heavy atom. The van der Waals surface area contributed by atoms with Crippen LogP contribution in [-0.2, 0) is 9.47 Å². The van der Waals surface area contributed by atoms with Crippen molar-refractivity contribution >= 4 is 12.2 Å². The summed E-state index contributed by atoms with van der Waals surface area (Å²) in [5.41, 5.74) is 11.3. The van der Waals surface area contributed by atoms with Crippen LogP contribution in [0.5, 0.6) is 0 Å². The summed E-state index contributed by atoms with van der Waals surface area (Å²) in [6.07, 6.45) is 7.98. The number of carbonyl (C=O) groups excluding carboxylic acids is 2. The molecule has 0 spiro atoms. The van der Waals surface area contributed by atoms with Gasteiger partial charge >= 0.3 is 12.2 Å². The van der Waals surface area contributed by atoms with E-state index in [1.54, 1.807) is 0 Å². The van der Waals surface area contributed by atoms with Crippen molar-refractivity contribution < 1.29 is 19.1 Å². The number of nitrogens with two attached hydrogens (primary N) is 2. The quantitative estimate of drug-likeness (QED) is 0.579. The van der Waals surface area contributed by atoms with Gasteiger partial charge in [0, 0.05) is 24.2 Å². The van der Waals surface area contributed by atoms with Crippen LogP contribution in [0.4, 0.5) is 9.59 Å². The zero-order chi connectivity index (χ0) is 23.8. The maximum Gasteiger partial charge on any atom is 0.410 e. The summed E-state index contributed by atoms with van der Waals surface area (Å²) in [6.45, 7) is 11.4. The fourth-order valence-electron chi connectivity index (χ4n) is 5.58. The fourth-order valence-corrected chi connectivity index (χ4v) is 5.58. The number of nitrogens with zero attached hydrogens (tertiary/aromatic N) is 2. The molecule has 4 heterocycles. The second-order valence-electron chi connectivity index (χ2n) is 11.9. The van der Waals surface area contributed by atoms with E-state index in [2.05, 4.69) is 0 Å². The number of carbonyl (C=O) groups is 2. The maximum atomic E-state index is 12.1. The van der Waals surface area contributed by atoms with Gasteiger partial charge in [-0.15, -0.1) is 0 Å². The van der Waals surface area contributed by atoms with E-state index >= 15 is 0 Å². The Balaban J connectivity index is 0.000000181. The summed E-state index contributed by atoms with van der Waals surface area (Å²) < 4.78 is 10.9. The topological polar surface area (TPSA) is 111 Å². The minimum atomic E-state index is -0.419. The Labute approximate surface area is 193 Å². The Bertz CT molecular complexity index is 628. The van der Waals surface area contributed by atoms with Crippen molar-refractivity contribution in [3.05, 3.63) is 0 Å². The van der Waals surface area contributed by atoms with Gasteiger partial charge in [-0.05, 0) is 92.9 Å². The SMILES string of the molecule is CC(C)(C)OC(=O)N1[C@@H]2CC[C@@H](N)[C@H]1CC2.CC(C)(C)OC(=O)N1[C@H]2CC[C@H](N)[C@@H]1CC2. The van der Waals surface area contributed by atoms with Crippen LogP contribution in [-0.4, -0.2) is 69.4 Å². The summed E-state index contributed by atoms with van der Waals surface area (Å²) in [6, 6.07) is 1.39. The monoisotopic (exact) mass is 452 g/mol. The van der Waals surface area contributed by atoms with Gasteiger partial charge in [-0.2, -0.15) is 0 Å². The molecule has 184 valence electrons. The first-order chi connectivity index (χ1) is 14.8. The van der Waals surface area contributed by atoms with Crippen molar-refractivity contribution in [3.8, 4) is 0 Å². The fraction of sp³-hybridized carbons (Fsp3) is 0.917. The Hall–Kier alpha value is -1.54. The highest BCUT2D eigenvalue weighted by Crippen LogP contribution is 2.37. The van der Waals surface area contributed by atoms with Crippen LogP contribution in [0, 0.1) is 0 Å². The normalized spacial score (nSPS) is 34.0. The predicted molar refractivity (Wildman–Crippen MR) is 124 cm³/mol. The first-order valence-corrected chi connectivity index (χ1v) is 12.3. The lowest BCUT2D eigenvalue weighted by Gasteiger charge is -2.39. The molecule has 0 aromatic carbocycles. The van der Waals surface area contributed by atoms with Gasteiger partial charge in [0.05, 0.1) is 12.1 Å². The molecule has 0 aromatic rings. The van der Waals surface area contributed by atoms with Gasteiger partial charge in [0.1, 0.15) is 11.2 Å². The molecule has 0 unspecified atom stereocenters. The van der Waals surface area contributed by atoms with E-state index < -0.39 is 11.2 Å². The van der Waals surface area contributed by atoms with E-state index in [0.29, 0.717) is 12.1 Å². The van der Waals surface area contributed by atoms with Gasteiger partial charge in [0.15, 0.2) is 0 Å². The average Bonchev–Trinajstić information content (AvgIpc) is 3.16. The smallest absolute Gasteiger partial charge is 0.410 e. The van der Waals surface area contributed by atoms with Crippen LogP contribution in [0.3, 0.4) is 0 Å². The summed E-state index contributed by atoms with van der Waals surface area (Å²) in [5, 5.41) is 0. The van der Waals surface area contributed by atoms with Crippen LogP contribution < -0.4 is 11.5 Å². The van der Waals surface area contributed by atoms with Crippen molar-refractivity contribution in [1.82, 2.24) is 9.80 Å². The molecule has 4 rings (SSSR count). The molecule has 8 nitrogen and oxygen atoms in total. The lowest BCUT2D eigenvalue weighted by molar-refractivity contribution is 0.00405. The van der Waals surface area contributed by atoms with Gasteiger partial charge in [-0.25, -0.2) is 9.59 Å². The van der Waals surface area contributed by atoms with Crippen molar-refractivity contribution in [2.45, 2.75) is 140 Å². The number of amides is 2. The van der Waals surface area contributed by atoms with Gasteiger partial charge < -0.3 is 30.7 Å². The zero-order valence-corrected chi connectivity index (χ0v) is 20.8. The molecule has 6 atom stereocenters. The van der Waals surface area contributed by atoms with Crippen LogP contribution in [0.25, 0.3) is 0 Å². The molecule has 4 fully saturated rings. The minimum Gasteiger partial charge on any atom is -0.444 e. The Kier molecular flexibility index (Phi) is 7.35. The molecule has 4 N–H and O–H groups in total. The second-order valence-corrected chi connectivity index (χ2v) is 11.9. The number of hydrogen-bond donors (Lipinski definition) is 2. The summed E-state index contributed by atoms with van der Waals surface area (Å²) >= 11 is 0. The van der Waals surface area contributed by atoms with E-state index in [-0.39, 0.29) is 36.4 Å². The Morgan fingerprint density at radius 1 is 0.625 bits per heavy atom. The first-order valence-electron chi connectivity index (χ1n) is 12.3. The average molecular weight is 453 g/mol. The van der Waals surface area contributed by atoms with Crippen LogP contribution >= 0.6 is 0 Å². The number of hydrogen-bond acceptors (Lipinski definition) is 6. The third-order valence-electron chi connectivity index (χ3n) is 6.96. The molecule has 4 bridgehead atoms. The van der Waals surface area contributed by atoms with Crippen molar-refractivity contribution in [1.29, 1.82) is 0 Å². The summed E-state index contributed by atoms with van der Waals surface area (Å²) in [5.74, 6) is 0.